The number of carbonyl (C=O) groups is 1. The molecular weight excluding hydrogens is 170 g/mol. The van der Waals surface area contributed by atoms with Crippen LogP contribution in [0.5, 0.6) is 0 Å². The minimum absolute atomic E-state index is 0.0433. The standard InChI is InChI=1S/C6H6ClNOS/c1-4-8-3-6(10-4)5(9)2-7/h3H,2H2,1H3. The van der Waals surface area contributed by atoms with E-state index in [-0.39, 0.29) is 11.7 Å². The lowest BCUT2D eigenvalue weighted by Gasteiger charge is -1.84. The summed E-state index contributed by atoms with van der Waals surface area (Å²) >= 11 is 6.70. The Kier molecular flexibility index (Phi) is 2.40. The molecule has 0 unspecified atom stereocenters. The zero-order chi connectivity index (χ0) is 7.56. The number of hydrogen-bond acceptors (Lipinski definition) is 3. The average Bonchev–Trinajstić information content (AvgIpc) is 2.34. The van der Waals surface area contributed by atoms with Gasteiger partial charge < -0.3 is 0 Å². The van der Waals surface area contributed by atoms with Crippen LogP contribution in [0.25, 0.3) is 0 Å². The summed E-state index contributed by atoms with van der Waals surface area (Å²) in [6.07, 6.45) is 1.56. The number of carbonyl (C=O) groups excluding carboxylic acids is 1. The van der Waals surface area contributed by atoms with E-state index in [1.54, 1.807) is 6.20 Å². The van der Waals surface area contributed by atoms with E-state index in [0.717, 1.165) is 5.01 Å². The second-order valence-electron chi connectivity index (χ2n) is 1.80. The van der Waals surface area contributed by atoms with E-state index < -0.39 is 0 Å². The molecule has 1 aromatic rings. The van der Waals surface area contributed by atoms with Gasteiger partial charge in [0.15, 0.2) is 5.78 Å². The van der Waals surface area contributed by atoms with Crippen LogP contribution in [0.2, 0.25) is 0 Å². The third-order valence-corrected chi connectivity index (χ3v) is 2.21. The summed E-state index contributed by atoms with van der Waals surface area (Å²) in [5.74, 6) is -0.00554. The number of aromatic nitrogens is 1. The van der Waals surface area contributed by atoms with E-state index in [4.69, 9.17) is 11.6 Å². The molecule has 0 N–H and O–H groups in total. The summed E-state index contributed by atoms with van der Waals surface area (Å²) in [6.45, 7) is 1.86. The van der Waals surface area contributed by atoms with Crippen molar-refractivity contribution in [2.24, 2.45) is 0 Å². The van der Waals surface area contributed by atoms with Crippen molar-refractivity contribution in [3.05, 3.63) is 16.1 Å². The lowest BCUT2D eigenvalue weighted by atomic mass is 10.4. The van der Waals surface area contributed by atoms with Crippen LogP contribution in [0, 0.1) is 6.92 Å². The van der Waals surface area contributed by atoms with Gasteiger partial charge in [-0.15, -0.1) is 22.9 Å². The Labute approximate surface area is 67.9 Å². The second kappa shape index (κ2) is 3.12. The van der Waals surface area contributed by atoms with Crippen LogP contribution in [0.3, 0.4) is 0 Å². The molecule has 1 heterocycles. The van der Waals surface area contributed by atoms with Crippen LogP contribution in [-0.2, 0) is 0 Å². The van der Waals surface area contributed by atoms with Crippen molar-refractivity contribution in [1.82, 2.24) is 4.98 Å². The molecule has 2 nitrogen and oxygen atoms in total. The molecule has 0 radical (unpaired) electrons. The number of aryl methyl sites for hydroxylation is 1. The first kappa shape index (κ1) is 7.69. The molecule has 0 aliphatic carbocycles. The molecule has 0 fully saturated rings. The van der Waals surface area contributed by atoms with Crippen molar-refractivity contribution in [1.29, 1.82) is 0 Å². The third kappa shape index (κ3) is 1.55. The van der Waals surface area contributed by atoms with E-state index in [1.165, 1.54) is 11.3 Å². The molecule has 0 aromatic carbocycles. The van der Waals surface area contributed by atoms with E-state index in [9.17, 15) is 4.79 Å². The van der Waals surface area contributed by atoms with E-state index in [1.807, 2.05) is 6.92 Å². The Morgan fingerprint density at radius 3 is 3.00 bits per heavy atom. The summed E-state index contributed by atoms with van der Waals surface area (Å²) in [4.78, 5) is 15.4. The number of Topliss-reactive ketones (excluding diaryl/α,β-unsaturated/α-hetero) is 1. The molecule has 0 bridgehead atoms. The Bertz CT molecular complexity index is 246. The monoisotopic (exact) mass is 175 g/mol. The molecule has 0 spiro atoms. The first-order chi connectivity index (χ1) is 4.74. The fourth-order valence-electron chi connectivity index (χ4n) is 0.556. The highest BCUT2D eigenvalue weighted by atomic mass is 35.5. The minimum Gasteiger partial charge on any atom is -0.292 e. The summed E-state index contributed by atoms with van der Waals surface area (Å²) in [5.41, 5.74) is 0. The smallest absolute Gasteiger partial charge is 0.189 e. The number of nitrogens with zero attached hydrogens (tertiary/aromatic N) is 1. The van der Waals surface area contributed by atoms with E-state index in [2.05, 4.69) is 4.98 Å². The molecule has 0 amide bonds. The maximum absolute atomic E-state index is 10.9. The molecule has 0 aliphatic rings. The lowest BCUT2D eigenvalue weighted by Crippen LogP contribution is -1.95. The first-order valence-corrected chi connectivity index (χ1v) is 4.10. The van der Waals surface area contributed by atoms with E-state index in [0.29, 0.717) is 4.88 Å². The van der Waals surface area contributed by atoms with Crippen molar-refractivity contribution in [2.75, 3.05) is 5.88 Å². The van der Waals surface area contributed by atoms with Crippen molar-refractivity contribution >= 4 is 28.7 Å². The van der Waals surface area contributed by atoms with Crippen molar-refractivity contribution in [3.63, 3.8) is 0 Å². The molecule has 0 aliphatic heterocycles. The highest BCUT2D eigenvalue weighted by Crippen LogP contribution is 2.12. The highest BCUT2D eigenvalue weighted by molar-refractivity contribution is 7.13. The highest BCUT2D eigenvalue weighted by Gasteiger charge is 2.05. The molecule has 0 saturated carbocycles. The van der Waals surface area contributed by atoms with Gasteiger partial charge >= 0.3 is 0 Å². The van der Waals surface area contributed by atoms with Crippen LogP contribution in [0.1, 0.15) is 14.7 Å². The molecule has 1 aromatic heterocycles. The lowest BCUT2D eigenvalue weighted by molar-refractivity contribution is 0.102. The predicted molar refractivity (Wildman–Crippen MR) is 41.9 cm³/mol. The van der Waals surface area contributed by atoms with Crippen molar-refractivity contribution in [3.8, 4) is 0 Å². The van der Waals surface area contributed by atoms with Gasteiger partial charge in [-0.05, 0) is 6.92 Å². The van der Waals surface area contributed by atoms with Crippen molar-refractivity contribution < 1.29 is 4.79 Å². The van der Waals surface area contributed by atoms with E-state index >= 15 is 0 Å². The second-order valence-corrected chi connectivity index (χ2v) is 3.30. The first-order valence-electron chi connectivity index (χ1n) is 2.75. The maximum Gasteiger partial charge on any atom is 0.189 e. The minimum atomic E-state index is -0.0488. The van der Waals surface area contributed by atoms with Crippen LogP contribution in [0.4, 0.5) is 0 Å². The quantitative estimate of drug-likeness (QED) is 0.508. The Morgan fingerprint density at radius 1 is 1.90 bits per heavy atom. The zero-order valence-electron chi connectivity index (χ0n) is 5.43. The van der Waals surface area contributed by atoms with Crippen LogP contribution in [-0.4, -0.2) is 16.6 Å². The number of halogens is 1. The predicted octanol–water partition coefficient (Wildman–Crippen LogP) is 1.87. The van der Waals surface area contributed by atoms with Crippen molar-refractivity contribution in [2.45, 2.75) is 6.92 Å². The van der Waals surface area contributed by atoms with Gasteiger partial charge in [0, 0.05) is 6.20 Å². The van der Waals surface area contributed by atoms with Gasteiger partial charge in [-0.1, -0.05) is 0 Å². The largest absolute Gasteiger partial charge is 0.292 e. The molecule has 4 heteroatoms. The number of ketones is 1. The summed E-state index contributed by atoms with van der Waals surface area (Å²) in [7, 11) is 0. The molecule has 10 heavy (non-hydrogen) atoms. The number of alkyl halides is 1. The maximum atomic E-state index is 10.9. The average molecular weight is 176 g/mol. The topological polar surface area (TPSA) is 30.0 Å². The van der Waals surface area contributed by atoms with Crippen LogP contribution < -0.4 is 0 Å². The number of rotatable bonds is 2. The van der Waals surface area contributed by atoms with Gasteiger partial charge in [0.05, 0.1) is 15.8 Å². The van der Waals surface area contributed by atoms with Gasteiger partial charge in [0.25, 0.3) is 0 Å². The summed E-state index contributed by atoms with van der Waals surface area (Å²) < 4.78 is 0. The van der Waals surface area contributed by atoms with Gasteiger partial charge in [0.1, 0.15) is 0 Å². The van der Waals surface area contributed by atoms with Gasteiger partial charge in [-0.2, -0.15) is 0 Å². The Balaban J connectivity index is 2.85. The van der Waals surface area contributed by atoms with Gasteiger partial charge in [0.2, 0.25) is 0 Å². The Hall–Kier alpha value is -0.410. The Morgan fingerprint density at radius 2 is 2.60 bits per heavy atom. The summed E-state index contributed by atoms with van der Waals surface area (Å²) in [6, 6.07) is 0. The molecular formula is C6H6ClNOS. The van der Waals surface area contributed by atoms with Gasteiger partial charge in [-0.25, -0.2) is 4.98 Å². The fraction of sp³-hybridized carbons (Fsp3) is 0.333. The molecule has 0 atom stereocenters. The van der Waals surface area contributed by atoms with Gasteiger partial charge in [-0.3, -0.25) is 4.79 Å². The fourth-order valence-corrected chi connectivity index (χ4v) is 1.49. The van der Waals surface area contributed by atoms with Crippen LogP contribution in [0.15, 0.2) is 6.20 Å². The molecule has 0 saturated heterocycles. The third-order valence-electron chi connectivity index (χ3n) is 1.02. The molecule has 1 rings (SSSR count). The molecule has 54 valence electrons. The zero-order valence-corrected chi connectivity index (χ0v) is 7.00. The summed E-state index contributed by atoms with van der Waals surface area (Å²) in [5, 5.41) is 0.897. The normalized spacial score (nSPS) is 9.80. The van der Waals surface area contributed by atoms with Crippen LogP contribution >= 0.6 is 22.9 Å². The SMILES string of the molecule is Cc1ncc(C(=O)CCl)s1. The number of thiazole rings is 1. The number of hydrogen-bond donors (Lipinski definition) is 0.